The second-order valence-electron chi connectivity index (χ2n) is 10.6. The molecular weight excluding hydrogens is 585 g/mol. The zero-order chi connectivity index (χ0) is 31.1. The van der Waals surface area contributed by atoms with Crippen molar-refractivity contribution in [1.82, 2.24) is 0 Å². The van der Waals surface area contributed by atoms with Gasteiger partial charge in [-0.05, 0) is 49.2 Å². The van der Waals surface area contributed by atoms with Crippen LogP contribution < -0.4 is 10.1 Å². The number of amides is 1. The SMILES string of the molecule is CCCCCCCCCCCCOC(=O)c1cc(OC(Cl)(C(=O)Nc2ccccc2)C(=O)c2ccccc2C)ccc1Cl. The lowest BCUT2D eigenvalue weighted by Crippen LogP contribution is -2.50. The highest BCUT2D eigenvalue weighted by molar-refractivity contribution is 6.49. The number of carbonyl (C=O) groups excluding carboxylic acids is 3. The first kappa shape index (κ1) is 34.1. The predicted octanol–water partition coefficient (Wildman–Crippen LogP) is 9.56. The highest BCUT2D eigenvalue weighted by Crippen LogP contribution is 2.32. The molecular formula is C35H41Cl2NO5. The van der Waals surface area contributed by atoms with E-state index in [-0.39, 0.29) is 28.5 Å². The average Bonchev–Trinajstić information content (AvgIpc) is 3.01. The molecule has 0 saturated heterocycles. The summed E-state index contributed by atoms with van der Waals surface area (Å²) in [5, 5.41) is 0.324. The van der Waals surface area contributed by atoms with Crippen LogP contribution in [0.4, 0.5) is 5.69 Å². The van der Waals surface area contributed by atoms with Gasteiger partial charge < -0.3 is 14.8 Å². The van der Waals surface area contributed by atoms with Crippen LogP contribution in [0, 0.1) is 6.92 Å². The van der Waals surface area contributed by atoms with Crippen LogP contribution in [0.15, 0.2) is 72.8 Å². The largest absolute Gasteiger partial charge is 0.462 e. The van der Waals surface area contributed by atoms with Crippen molar-refractivity contribution in [3.8, 4) is 5.75 Å². The Bertz CT molecular complexity index is 1350. The van der Waals surface area contributed by atoms with E-state index in [2.05, 4.69) is 12.2 Å². The van der Waals surface area contributed by atoms with Gasteiger partial charge in [0.1, 0.15) is 5.75 Å². The summed E-state index contributed by atoms with van der Waals surface area (Å²) in [6.07, 6.45) is 11.7. The zero-order valence-corrected chi connectivity index (χ0v) is 26.5. The van der Waals surface area contributed by atoms with Gasteiger partial charge in [0, 0.05) is 11.3 Å². The molecule has 0 saturated carbocycles. The van der Waals surface area contributed by atoms with Crippen LogP contribution >= 0.6 is 23.2 Å². The Morgan fingerprint density at radius 3 is 2.02 bits per heavy atom. The first-order valence-corrected chi connectivity index (χ1v) is 15.8. The molecule has 3 aromatic rings. The topological polar surface area (TPSA) is 81.7 Å². The van der Waals surface area contributed by atoms with Crippen molar-refractivity contribution in [3.05, 3.63) is 94.5 Å². The fraction of sp³-hybridized carbons (Fsp3) is 0.400. The predicted molar refractivity (Wildman–Crippen MR) is 173 cm³/mol. The molecule has 1 N–H and O–H groups in total. The van der Waals surface area contributed by atoms with Crippen molar-refractivity contribution in [1.29, 1.82) is 0 Å². The van der Waals surface area contributed by atoms with Gasteiger partial charge in [0.15, 0.2) is 0 Å². The lowest BCUT2D eigenvalue weighted by molar-refractivity contribution is -0.123. The minimum Gasteiger partial charge on any atom is -0.462 e. The standard InChI is InChI=1S/C35H41Cl2NO5/c1-3-4-5-6-7-8-9-10-11-17-24-42-33(40)30-25-28(22-23-31(30)36)43-35(37,32(39)29-21-16-15-18-26(29)2)34(41)38-27-19-13-12-14-20-27/h12-16,18-23,25H,3-11,17,24H2,1-2H3,(H,38,41). The third kappa shape index (κ3) is 10.4. The highest BCUT2D eigenvalue weighted by Gasteiger charge is 2.48. The molecule has 0 fully saturated rings. The Morgan fingerprint density at radius 1 is 0.767 bits per heavy atom. The molecule has 3 rings (SSSR count). The van der Waals surface area contributed by atoms with Gasteiger partial charge in [0.25, 0.3) is 5.91 Å². The van der Waals surface area contributed by atoms with Gasteiger partial charge in [-0.25, -0.2) is 4.79 Å². The van der Waals surface area contributed by atoms with Crippen LogP contribution in [0.25, 0.3) is 0 Å². The van der Waals surface area contributed by atoms with Crippen molar-refractivity contribution in [3.63, 3.8) is 0 Å². The van der Waals surface area contributed by atoms with E-state index in [1.165, 1.54) is 63.1 Å². The van der Waals surface area contributed by atoms with E-state index in [4.69, 9.17) is 32.7 Å². The Morgan fingerprint density at radius 2 is 1.37 bits per heavy atom. The van der Waals surface area contributed by atoms with Gasteiger partial charge in [-0.2, -0.15) is 0 Å². The second-order valence-corrected chi connectivity index (χ2v) is 11.6. The molecule has 0 spiro atoms. The van der Waals surface area contributed by atoms with E-state index in [0.717, 1.165) is 19.3 Å². The fourth-order valence-electron chi connectivity index (χ4n) is 4.65. The molecule has 0 aliphatic heterocycles. The number of halogens is 2. The molecule has 8 heteroatoms. The molecule has 230 valence electrons. The maximum absolute atomic E-state index is 13.7. The third-order valence-electron chi connectivity index (χ3n) is 7.15. The van der Waals surface area contributed by atoms with Gasteiger partial charge >= 0.3 is 11.0 Å². The minimum absolute atomic E-state index is 0.00966. The van der Waals surface area contributed by atoms with Gasteiger partial charge in [-0.15, -0.1) is 0 Å². The number of esters is 1. The van der Waals surface area contributed by atoms with Crippen LogP contribution in [-0.2, 0) is 9.53 Å². The van der Waals surface area contributed by atoms with Gasteiger partial charge in [-0.3, -0.25) is 9.59 Å². The number of unbranched alkanes of at least 4 members (excludes halogenated alkanes) is 9. The second kappa shape index (κ2) is 17.7. The van der Waals surface area contributed by atoms with Gasteiger partial charge in [0.05, 0.1) is 17.2 Å². The fourth-order valence-corrected chi connectivity index (χ4v) is 5.08. The molecule has 0 aromatic heterocycles. The maximum atomic E-state index is 13.7. The Balaban J connectivity index is 1.66. The Labute approximate surface area is 265 Å². The number of ether oxygens (including phenoxy) is 2. The maximum Gasteiger partial charge on any atom is 0.339 e. The first-order valence-electron chi connectivity index (χ1n) is 15.1. The van der Waals surface area contributed by atoms with Crippen LogP contribution in [0.5, 0.6) is 5.75 Å². The lowest BCUT2D eigenvalue weighted by atomic mass is 10.00. The van der Waals surface area contributed by atoms with Crippen molar-refractivity contribution in [2.75, 3.05) is 11.9 Å². The number of Topliss-reactive ketones (excluding diaryl/α,β-unsaturated/α-hetero) is 1. The number of carbonyl (C=O) groups is 3. The van der Waals surface area contributed by atoms with Crippen LogP contribution in [0.1, 0.15) is 97.4 Å². The molecule has 0 aliphatic rings. The van der Waals surface area contributed by atoms with E-state index in [0.29, 0.717) is 11.3 Å². The summed E-state index contributed by atoms with van der Waals surface area (Å²) in [5.41, 5.74) is 1.34. The van der Waals surface area contributed by atoms with E-state index in [1.807, 2.05) is 0 Å². The molecule has 0 aliphatic carbocycles. The van der Waals surface area contributed by atoms with Crippen molar-refractivity contribution < 1.29 is 23.9 Å². The number of hydrogen-bond acceptors (Lipinski definition) is 5. The number of hydrogen-bond donors (Lipinski definition) is 1. The number of benzene rings is 3. The molecule has 43 heavy (non-hydrogen) atoms. The van der Waals surface area contributed by atoms with Crippen molar-refractivity contribution in [2.45, 2.75) is 83.1 Å². The van der Waals surface area contributed by atoms with E-state index in [1.54, 1.807) is 61.5 Å². The number of alkyl halides is 1. The molecule has 0 radical (unpaired) electrons. The smallest absolute Gasteiger partial charge is 0.339 e. The summed E-state index contributed by atoms with van der Waals surface area (Å²) < 4.78 is 11.4. The first-order chi connectivity index (χ1) is 20.8. The molecule has 0 heterocycles. The number of para-hydroxylation sites is 1. The molecule has 6 nitrogen and oxygen atoms in total. The van der Waals surface area contributed by atoms with E-state index in [9.17, 15) is 14.4 Å². The summed E-state index contributed by atoms with van der Waals surface area (Å²) in [4.78, 5) is 40.1. The molecule has 3 aromatic carbocycles. The number of aryl methyl sites for hydroxylation is 1. The van der Waals surface area contributed by atoms with E-state index < -0.39 is 22.7 Å². The summed E-state index contributed by atoms with van der Waals surface area (Å²) in [7, 11) is 0. The molecule has 0 bridgehead atoms. The average molecular weight is 627 g/mol. The monoisotopic (exact) mass is 625 g/mol. The molecule has 1 amide bonds. The zero-order valence-electron chi connectivity index (χ0n) is 25.0. The van der Waals surface area contributed by atoms with Crippen LogP contribution in [-0.4, -0.2) is 29.3 Å². The number of rotatable bonds is 18. The summed E-state index contributed by atoms with van der Waals surface area (Å²) in [5.74, 6) is -2.24. The van der Waals surface area contributed by atoms with Crippen LogP contribution in [0.2, 0.25) is 5.02 Å². The number of nitrogens with one attached hydrogen (secondary N) is 1. The minimum atomic E-state index is -2.48. The summed E-state index contributed by atoms with van der Waals surface area (Å²) >= 11 is 13.1. The Hall–Kier alpha value is -3.35. The highest BCUT2D eigenvalue weighted by atomic mass is 35.5. The number of ketones is 1. The van der Waals surface area contributed by atoms with Gasteiger partial charge in [-0.1, -0.05) is 130 Å². The van der Waals surface area contributed by atoms with Crippen molar-refractivity contribution in [2.24, 2.45) is 0 Å². The van der Waals surface area contributed by atoms with Crippen molar-refractivity contribution >= 4 is 46.5 Å². The summed E-state index contributed by atoms with van der Waals surface area (Å²) in [6.45, 7) is 4.23. The number of anilines is 1. The summed E-state index contributed by atoms with van der Waals surface area (Å²) in [6, 6.07) is 19.6. The Kier molecular flexibility index (Phi) is 14.0. The molecule has 1 unspecified atom stereocenters. The third-order valence-corrected chi connectivity index (χ3v) is 7.90. The van der Waals surface area contributed by atoms with Crippen LogP contribution in [0.3, 0.4) is 0 Å². The van der Waals surface area contributed by atoms with E-state index >= 15 is 0 Å². The quantitative estimate of drug-likeness (QED) is 0.0500. The normalized spacial score (nSPS) is 12.3. The van der Waals surface area contributed by atoms with Gasteiger partial charge in [0.2, 0.25) is 5.78 Å². The lowest BCUT2D eigenvalue weighted by Gasteiger charge is -2.26. The molecule has 1 atom stereocenters.